The van der Waals surface area contributed by atoms with Crippen molar-refractivity contribution in [3.8, 4) is 17.8 Å². The largest absolute Gasteiger partial charge is 0.461 e. The summed E-state index contributed by atoms with van der Waals surface area (Å²) in [5, 5.41) is 0. The SMILES string of the molecule is Cc1ccccc1Oc1nc(N)nc(OC(C)C)n1. The second-order valence-electron chi connectivity index (χ2n) is 4.29. The first kappa shape index (κ1) is 13.1. The second-order valence-corrected chi connectivity index (χ2v) is 4.29. The van der Waals surface area contributed by atoms with Crippen molar-refractivity contribution in [1.29, 1.82) is 0 Å². The van der Waals surface area contributed by atoms with Gasteiger partial charge in [-0.05, 0) is 32.4 Å². The summed E-state index contributed by atoms with van der Waals surface area (Å²) in [6, 6.07) is 7.85. The molecule has 2 aromatic rings. The van der Waals surface area contributed by atoms with Gasteiger partial charge in [-0.3, -0.25) is 0 Å². The summed E-state index contributed by atoms with van der Waals surface area (Å²) in [5.41, 5.74) is 6.58. The third-order valence-corrected chi connectivity index (χ3v) is 2.25. The van der Waals surface area contributed by atoms with E-state index < -0.39 is 0 Å². The topological polar surface area (TPSA) is 83.2 Å². The number of nitrogens with zero attached hydrogens (tertiary/aromatic N) is 3. The highest BCUT2D eigenvalue weighted by molar-refractivity contribution is 5.34. The fourth-order valence-corrected chi connectivity index (χ4v) is 1.43. The zero-order chi connectivity index (χ0) is 13.8. The number of nitrogens with two attached hydrogens (primary N) is 1. The van der Waals surface area contributed by atoms with Crippen LogP contribution in [0.1, 0.15) is 19.4 Å². The standard InChI is InChI=1S/C13H16N4O2/c1-8(2)18-12-15-11(14)16-13(17-12)19-10-7-5-4-6-9(10)3/h4-8H,1-3H3,(H2,14,15,16,17). The van der Waals surface area contributed by atoms with Gasteiger partial charge in [-0.25, -0.2) is 0 Å². The van der Waals surface area contributed by atoms with Crippen molar-refractivity contribution in [2.24, 2.45) is 0 Å². The molecule has 0 radical (unpaired) electrons. The molecule has 100 valence electrons. The van der Waals surface area contributed by atoms with Crippen molar-refractivity contribution in [1.82, 2.24) is 15.0 Å². The van der Waals surface area contributed by atoms with E-state index in [2.05, 4.69) is 15.0 Å². The lowest BCUT2D eigenvalue weighted by Crippen LogP contribution is -2.11. The van der Waals surface area contributed by atoms with Crippen molar-refractivity contribution in [3.63, 3.8) is 0 Å². The van der Waals surface area contributed by atoms with Crippen LogP contribution in [0.2, 0.25) is 0 Å². The molecule has 0 aliphatic rings. The molecule has 0 unspecified atom stereocenters. The van der Waals surface area contributed by atoms with Crippen molar-refractivity contribution in [3.05, 3.63) is 29.8 Å². The number of rotatable bonds is 4. The van der Waals surface area contributed by atoms with E-state index in [1.54, 1.807) is 0 Å². The van der Waals surface area contributed by atoms with Crippen molar-refractivity contribution in [2.45, 2.75) is 26.9 Å². The molecule has 0 bridgehead atoms. The van der Waals surface area contributed by atoms with E-state index in [-0.39, 0.29) is 24.1 Å². The molecule has 0 amide bonds. The monoisotopic (exact) mass is 260 g/mol. The Kier molecular flexibility index (Phi) is 3.79. The Bertz CT molecular complexity index is 572. The molecule has 6 heteroatoms. The lowest BCUT2D eigenvalue weighted by atomic mass is 10.2. The molecule has 2 rings (SSSR count). The van der Waals surface area contributed by atoms with Crippen LogP contribution < -0.4 is 15.2 Å². The summed E-state index contributed by atoms with van der Waals surface area (Å²) in [6.45, 7) is 5.69. The van der Waals surface area contributed by atoms with Crippen molar-refractivity contribution < 1.29 is 9.47 Å². The van der Waals surface area contributed by atoms with E-state index in [1.165, 1.54) is 0 Å². The quantitative estimate of drug-likeness (QED) is 0.908. The predicted octanol–water partition coefficient (Wildman–Crippen LogP) is 2.34. The molecule has 0 aliphatic carbocycles. The van der Waals surface area contributed by atoms with Gasteiger partial charge in [0.1, 0.15) is 5.75 Å². The van der Waals surface area contributed by atoms with Crippen LogP contribution in [0, 0.1) is 6.92 Å². The van der Waals surface area contributed by atoms with Gasteiger partial charge >= 0.3 is 12.0 Å². The molecule has 1 aromatic carbocycles. The van der Waals surface area contributed by atoms with Crippen LogP contribution in [-0.4, -0.2) is 21.1 Å². The van der Waals surface area contributed by atoms with Gasteiger partial charge in [0.05, 0.1) is 6.10 Å². The Morgan fingerprint density at radius 2 is 1.74 bits per heavy atom. The van der Waals surface area contributed by atoms with Gasteiger partial charge in [0.15, 0.2) is 0 Å². The smallest absolute Gasteiger partial charge is 0.330 e. The summed E-state index contributed by atoms with van der Waals surface area (Å²) in [6.07, 6.45) is -0.0480. The van der Waals surface area contributed by atoms with Crippen LogP contribution in [0.25, 0.3) is 0 Å². The van der Waals surface area contributed by atoms with Crippen LogP contribution in [-0.2, 0) is 0 Å². The van der Waals surface area contributed by atoms with Gasteiger partial charge in [-0.2, -0.15) is 9.97 Å². The minimum atomic E-state index is -0.0480. The van der Waals surface area contributed by atoms with Crippen LogP contribution in [0.5, 0.6) is 17.8 Å². The molecular formula is C13H16N4O2. The zero-order valence-corrected chi connectivity index (χ0v) is 11.1. The average molecular weight is 260 g/mol. The molecule has 0 saturated carbocycles. The van der Waals surface area contributed by atoms with Crippen molar-refractivity contribution >= 4 is 5.95 Å². The van der Waals surface area contributed by atoms with Crippen LogP contribution in [0.15, 0.2) is 24.3 Å². The average Bonchev–Trinajstić information content (AvgIpc) is 2.30. The number of aryl methyl sites for hydroxylation is 1. The molecule has 0 aliphatic heterocycles. The van der Waals surface area contributed by atoms with Crippen LogP contribution in [0.3, 0.4) is 0 Å². The van der Waals surface area contributed by atoms with Crippen LogP contribution >= 0.6 is 0 Å². The first-order valence-electron chi connectivity index (χ1n) is 5.96. The molecule has 1 aromatic heterocycles. The number of benzene rings is 1. The van der Waals surface area contributed by atoms with Crippen LogP contribution in [0.4, 0.5) is 5.95 Å². The maximum absolute atomic E-state index is 5.60. The van der Waals surface area contributed by atoms with Gasteiger partial charge in [-0.15, -0.1) is 4.98 Å². The number of anilines is 1. The van der Waals surface area contributed by atoms with Gasteiger partial charge in [0.2, 0.25) is 5.95 Å². The third kappa shape index (κ3) is 3.54. The number of aromatic nitrogens is 3. The molecule has 1 heterocycles. The second kappa shape index (κ2) is 5.51. The molecule has 0 fully saturated rings. The highest BCUT2D eigenvalue weighted by Gasteiger charge is 2.10. The zero-order valence-electron chi connectivity index (χ0n) is 11.1. The first-order valence-corrected chi connectivity index (χ1v) is 5.96. The summed E-state index contributed by atoms with van der Waals surface area (Å²) in [4.78, 5) is 11.9. The number of ether oxygens (including phenoxy) is 2. The Balaban J connectivity index is 2.25. The van der Waals surface area contributed by atoms with E-state index in [0.29, 0.717) is 5.75 Å². The highest BCUT2D eigenvalue weighted by Crippen LogP contribution is 2.23. The molecule has 0 saturated heterocycles. The Labute approximate surface area is 111 Å². The number of hydrogen-bond donors (Lipinski definition) is 1. The lowest BCUT2D eigenvalue weighted by Gasteiger charge is -2.10. The van der Waals surface area contributed by atoms with E-state index in [9.17, 15) is 0 Å². The molecule has 0 atom stereocenters. The summed E-state index contributed by atoms with van der Waals surface area (Å²) in [7, 11) is 0. The maximum Gasteiger partial charge on any atom is 0.330 e. The van der Waals surface area contributed by atoms with E-state index in [4.69, 9.17) is 15.2 Å². The fourth-order valence-electron chi connectivity index (χ4n) is 1.43. The number of para-hydroxylation sites is 1. The molecule has 19 heavy (non-hydrogen) atoms. The van der Waals surface area contributed by atoms with E-state index in [1.807, 2.05) is 45.0 Å². The normalized spacial score (nSPS) is 10.5. The summed E-state index contributed by atoms with van der Waals surface area (Å²) in [5.74, 6) is 0.734. The number of nitrogen functional groups attached to an aromatic ring is 1. The van der Waals surface area contributed by atoms with E-state index >= 15 is 0 Å². The lowest BCUT2D eigenvalue weighted by molar-refractivity contribution is 0.219. The number of hydrogen-bond acceptors (Lipinski definition) is 6. The summed E-state index contributed by atoms with van der Waals surface area (Å²) < 4.78 is 11.0. The van der Waals surface area contributed by atoms with E-state index in [0.717, 1.165) is 5.56 Å². The highest BCUT2D eigenvalue weighted by atomic mass is 16.5. The summed E-state index contributed by atoms with van der Waals surface area (Å²) >= 11 is 0. The molecule has 0 spiro atoms. The minimum Gasteiger partial charge on any atom is -0.461 e. The third-order valence-electron chi connectivity index (χ3n) is 2.25. The first-order chi connectivity index (χ1) is 9.04. The Morgan fingerprint density at radius 3 is 2.42 bits per heavy atom. The van der Waals surface area contributed by atoms with Gasteiger partial charge in [0.25, 0.3) is 0 Å². The molecular weight excluding hydrogens is 244 g/mol. The van der Waals surface area contributed by atoms with Crippen molar-refractivity contribution in [2.75, 3.05) is 5.73 Å². The molecule has 2 N–H and O–H groups in total. The minimum absolute atomic E-state index is 0.0480. The maximum atomic E-state index is 5.60. The fraction of sp³-hybridized carbons (Fsp3) is 0.308. The predicted molar refractivity (Wildman–Crippen MR) is 71.3 cm³/mol. The Hall–Kier alpha value is -2.37. The van der Waals surface area contributed by atoms with Gasteiger partial charge in [0, 0.05) is 0 Å². The molecule has 6 nitrogen and oxygen atoms in total. The van der Waals surface area contributed by atoms with Gasteiger partial charge < -0.3 is 15.2 Å². The van der Waals surface area contributed by atoms with Gasteiger partial charge in [-0.1, -0.05) is 18.2 Å². The Morgan fingerprint density at radius 1 is 1.05 bits per heavy atom.